The van der Waals surface area contributed by atoms with Gasteiger partial charge in [0.2, 0.25) is 5.91 Å². The van der Waals surface area contributed by atoms with Crippen LogP contribution in [0, 0.1) is 25.5 Å². The van der Waals surface area contributed by atoms with E-state index in [4.69, 9.17) is 5.73 Å². The summed E-state index contributed by atoms with van der Waals surface area (Å²) in [4.78, 5) is 23.9. The first-order chi connectivity index (χ1) is 11.3. The van der Waals surface area contributed by atoms with E-state index in [2.05, 4.69) is 5.32 Å². The zero-order chi connectivity index (χ0) is 17.9. The van der Waals surface area contributed by atoms with Crippen molar-refractivity contribution in [3.05, 3.63) is 70.3 Å². The smallest absolute Gasteiger partial charge is 0.252 e. The van der Waals surface area contributed by atoms with Gasteiger partial charge in [-0.25, -0.2) is 8.78 Å². The van der Waals surface area contributed by atoms with Crippen molar-refractivity contribution in [1.29, 1.82) is 0 Å². The first-order valence-electron chi connectivity index (χ1n) is 7.40. The Morgan fingerprint density at radius 3 is 2.25 bits per heavy atom. The summed E-state index contributed by atoms with van der Waals surface area (Å²) in [6, 6.07) is 7.52. The van der Waals surface area contributed by atoms with Crippen LogP contribution in [0.15, 0.2) is 36.4 Å². The number of nitrogens with two attached hydrogens (primary N) is 1. The Hall–Kier alpha value is -2.76. The second-order valence-corrected chi connectivity index (χ2v) is 5.63. The van der Waals surface area contributed by atoms with Crippen LogP contribution in [0.3, 0.4) is 0 Å². The van der Waals surface area contributed by atoms with Crippen LogP contribution in [0.5, 0.6) is 0 Å². The van der Waals surface area contributed by atoms with Gasteiger partial charge < -0.3 is 11.1 Å². The van der Waals surface area contributed by atoms with Crippen LogP contribution in [0.4, 0.5) is 8.78 Å². The number of hydrogen-bond acceptors (Lipinski definition) is 2. The van der Waals surface area contributed by atoms with Crippen molar-refractivity contribution in [2.45, 2.75) is 26.3 Å². The van der Waals surface area contributed by atoms with Gasteiger partial charge in [-0.3, -0.25) is 9.59 Å². The van der Waals surface area contributed by atoms with Gasteiger partial charge in [0.1, 0.15) is 6.04 Å². The van der Waals surface area contributed by atoms with Crippen molar-refractivity contribution in [2.24, 2.45) is 5.73 Å². The lowest BCUT2D eigenvalue weighted by Crippen LogP contribution is -2.46. The van der Waals surface area contributed by atoms with E-state index in [0.717, 1.165) is 34.9 Å². The van der Waals surface area contributed by atoms with E-state index >= 15 is 0 Å². The molecular weight excluding hydrogens is 314 g/mol. The van der Waals surface area contributed by atoms with E-state index in [-0.39, 0.29) is 12.0 Å². The lowest BCUT2D eigenvalue weighted by molar-refractivity contribution is -0.119. The molecule has 2 amide bonds. The molecule has 2 aromatic rings. The maximum absolute atomic E-state index is 13.2. The summed E-state index contributed by atoms with van der Waals surface area (Å²) in [7, 11) is 0. The molecule has 1 atom stereocenters. The molecule has 0 spiro atoms. The third kappa shape index (κ3) is 3.95. The average Bonchev–Trinajstić information content (AvgIpc) is 2.52. The minimum Gasteiger partial charge on any atom is -0.368 e. The highest BCUT2D eigenvalue weighted by molar-refractivity contribution is 5.97. The Kier molecular flexibility index (Phi) is 5.28. The van der Waals surface area contributed by atoms with Gasteiger partial charge in [-0.2, -0.15) is 0 Å². The Balaban J connectivity index is 2.21. The van der Waals surface area contributed by atoms with E-state index in [9.17, 15) is 18.4 Å². The normalized spacial score (nSPS) is 11.8. The number of halogens is 2. The van der Waals surface area contributed by atoms with Gasteiger partial charge in [-0.1, -0.05) is 18.2 Å². The fourth-order valence-corrected chi connectivity index (χ4v) is 2.48. The van der Waals surface area contributed by atoms with Gasteiger partial charge >= 0.3 is 0 Å². The van der Waals surface area contributed by atoms with Crippen molar-refractivity contribution in [1.82, 2.24) is 5.32 Å². The van der Waals surface area contributed by atoms with Crippen LogP contribution in [0.2, 0.25) is 0 Å². The summed E-state index contributed by atoms with van der Waals surface area (Å²) < 4.78 is 26.2. The van der Waals surface area contributed by atoms with Crippen molar-refractivity contribution < 1.29 is 18.4 Å². The summed E-state index contributed by atoms with van der Waals surface area (Å²) in [5.74, 6) is -3.57. The summed E-state index contributed by atoms with van der Waals surface area (Å²) >= 11 is 0. The van der Waals surface area contributed by atoms with Gasteiger partial charge in [0.15, 0.2) is 11.6 Å². The van der Waals surface area contributed by atoms with Gasteiger partial charge in [0.05, 0.1) is 0 Å². The number of carbonyl (C=O) groups excluding carboxylic acids is 2. The molecule has 3 N–H and O–H groups in total. The number of nitrogens with one attached hydrogen (secondary N) is 1. The molecule has 6 heteroatoms. The van der Waals surface area contributed by atoms with Crippen molar-refractivity contribution in [3.63, 3.8) is 0 Å². The third-order valence-electron chi connectivity index (χ3n) is 3.88. The molecule has 0 fully saturated rings. The predicted octanol–water partition coefficient (Wildman–Crippen LogP) is 2.41. The van der Waals surface area contributed by atoms with Gasteiger partial charge in [-0.15, -0.1) is 0 Å². The van der Waals surface area contributed by atoms with Crippen LogP contribution >= 0.6 is 0 Å². The molecule has 0 unspecified atom stereocenters. The second-order valence-electron chi connectivity index (χ2n) is 5.63. The number of amides is 2. The molecule has 0 saturated heterocycles. The molecule has 0 saturated carbocycles. The Morgan fingerprint density at radius 1 is 1.08 bits per heavy atom. The zero-order valence-electron chi connectivity index (χ0n) is 13.4. The van der Waals surface area contributed by atoms with E-state index in [1.54, 1.807) is 0 Å². The van der Waals surface area contributed by atoms with Gasteiger partial charge in [0.25, 0.3) is 5.91 Å². The molecular formula is C18H18F2N2O2. The molecule has 0 aromatic heterocycles. The topological polar surface area (TPSA) is 72.2 Å². The predicted molar refractivity (Wildman–Crippen MR) is 86.4 cm³/mol. The quantitative estimate of drug-likeness (QED) is 0.882. The van der Waals surface area contributed by atoms with E-state index in [1.807, 2.05) is 32.0 Å². The molecule has 24 heavy (non-hydrogen) atoms. The van der Waals surface area contributed by atoms with Crippen LogP contribution in [0.25, 0.3) is 0 Å². The Bertz CT molecular complexity index is 770. The standard InChI is InChI=1S/C18H18F2N2O2/c1-10-4-3-5-11(2)13(10)9-16(17(21)23)22-18(24)12-6-7-14(19)15(20)8-12/h3-8,16H,9H2,1-2H3,(H2,21,23)(H,22,24)/t16-/m0/s1. The zero-order valence-corrected chi connectivity index (χ0v) is 13.4. The van der Waals surface area contributed by atoms with Crippen molar-refractivity contribution in [2.75, 3.05) is 0 Å². The minimum atomic E-state index is -1.13. The molecule has 126 valence electrons. The Labute approximate surface area is 138 Å². The lowest BCUT2D eigenvalue weighted by atomic mass is 9.96. The first kappa shape index (κ1) is 17.6. The number of benzene rings is 2. The summed E-state index contributed by atoms with van der Waals surface area (Å²) in [5.41, 5.74) is 8.16. The Morgan fingerprint density at radius 2 is 1.71 bits per heavy atom. The molecule has 0 bridgehead atoms. The fraction of sp³-hybridized carbons (Fsp3) is 0.222. The van der Waals surface area contributed by atoms with Crippen LogP contribution in [0.1, 0.15) is 27.0 Å². The lowest BCUT2D eigenvalue weighted by Gasteiger charge is -2.18. The summed E-state index contributed by atoms with van der Waals surface area (Å²) in [5, 5.41) is 2.48. The van der Waals surface area contributed by atoms with E-state index in [1.165, 1.54) is 0 Å². The largest absolute Gasteiger partial charge is 0.368 e. The SMILES string of the molecule is Cc1cccc(C)c1C[C@H](NC(=O)c1ccc(F)c(F)c1)C(N)=O. The summed E-state index contributed by atoms with van der Waals surface area (Å²) in [6.07, 6.45) is 0.225. The number of rotatable bonds is 5. The number of primary amides is 1. The third-order valence-corrected chi connectivity index (χ3v) is 3.88. The molecule has 4 nitrogen and oxygen atoms in total. The maximum Gasteiger partial charge on any atom is 0.252 e. The summed E-state index contributed by atoms with van der Waals surface area (Å²) in [6.45, 7) is 3.80. The molecule has 2 rings (SSSR count). The molecule has 0 aliphatic rings. The van der Waals surface area contributed by atoms with E-state index < -0.39 is 29.5 Å². The van der Waals surface area contributed by atoms with Gasteiger partial charge in [0, 0.05) is 12.0 Å². The van der Waals surface area contributed by atoms with Crippen LogP contribution in [-0.2, 0) is 11.2 Å². The second kappa shape index (κ2) is 7.21. The fourth-order valence-electron chi connectivity index (χ4n) is 2.48. The van der Waals surface area contributed by atoms with Crippen molar-refractivity contribution >= 4 is 11.8 Å². The molecule has 2 aromatic carbocycles. The molecule has 0 radical (unpaired) electrons. The molecule has 0 aliphatic heterocycles. The van der Waals surface area contributed by atoms with Crippen LogP contribution in [-0.4, -0.2) is 17.9 Å². The monoisotopic (exact) mass is 332 g/mol. The molecule has 0 heterocycles. The minimum absolute atomic E-state index is 0.0818. The maximum atomic E-state index is 13.2. The van der Waals surface area contributed by atoms with Gasteiger partial charge in [-0.05, 0) is 48.7 Å². The number of carbonyl (C=O) groups is 2. The van der Waals surface area contributed by atoms with Crippen molar-refractivity contribution in [3.8, 4) is 0 Å². The highest BCUT2D eigenvalue weighted by atomic mass is 19.2. The highest BCUT2D eigenvalue weighted by Gasteiger charge is 2.21. The van der Waals surface area contributed by atoms with Crippen LogP contribution < -0.4 is 11.1 Å². The molecule has 0 aliphatic carbocycles. The van der Waals surface area contributed by atoms with E-state index in [0.29, 0.717) is 0 Å². The number of hydrogen-bond donors (Lipinski definition) is 2. The number of aryl methyl sites for hydroxylation is 2. The first-order valence-corrected chi connectivity index (χ1v) is 7.40. The highest BCUT2D eigenvalue weighted by Crippen LogP contribution is 2.16. The average molecular weight is 332 g/mol.